The van der Waals surface area contributed by atoms with E-state index in [1.54, 1.807) is 0 Å². The number of hydrogen-bond donors (Lipinski definition) is 0. The maximum atomic E-state index is 4.83. The fourth-order valence-electron chi connectivity index (χ4n) is 3.09. The average Bonchev–Trinajstić information content (AvgIpc) is 3.24. The highest BCUT2D eigenvalue weighted by atomic mass is 79.9. The van der Waals surface area contributed by atoms with Crippen LogP contribution in [0, 0.1) is 0 Å². The fourth-order valence-corrected chi connectivity index (χ4v) is 3.48. The monoisotopic (exact) mass is 323 g/mol. The van der Waals surface area contributed by atoms with Crippen LogP contribution < -0.4 is 4.90 Å². The molecule has 2 fully saturated rings. The average molecular weight is 324 g/mol. The molecule has 4 heteroatoms. The highest BCUT2D eigenvalue weighted by molar-refractivity contribution is 9.10. The van der Waals surface area contributed by atoms with Crippen LogP contribution in [0.4, 0.5) is 5.82 Å². The fraction of sp³-hybridized carbons (Fsp3) is 0.733. The largest absolute Gasteiger partial charge is 0.354 e. The molecular weight excluding hydrogens is 302 g/mol. The zero-order chi connectivity index (χ0) is 13.2. The standard InChI is InChI=1S/C15H22BrN3/c1-2-19(12-6-4-3-5-7-12)14-10-13(16)17-15(18-14)11-8-9-11/h10-12H,2-9H2,1H3. The second-order valence-corrected chi connectivity index (χ2v) is 6.57. The molecule has 0 radical (unpaired) electrons. The molecule has 2 aliphatic rings. The van der Waals surface area contributed by atoms with Gasteiger partial charge in [-0.15, -0.1) is 0 Å². The minimum atomic E-state index is 0.612. The lowest BCUT2D eigenvalue weighted by Gasteiger charge is -2.34. The highest BCUT2D eigenvalue weighted by Crippen LogP contribution is 2.39. The van der Waals surface area contributed by atoms with E-state index >= 15 is 0 Å². The number of anilines is 1. The lowest BCUT2D eigenvalue weighted by molar-refractivity contribution is 0.416. The molecular formula is C15H22BrN3. The van der Waals surface area contributed by atoms with Gasteiger partial charge in [-0.05, 0) is 48.5 Å². The van der Waals surface area contributed by atoms with Crippen LogP contribution in [-0.2, 0) is 0 Å². The van der Waals surface area contributed by atoms with Crippen molar-refractivity contribution < 1.29 is 0 Å². The van der Waals surface area contributed by atoms with Crippen molar-refractivity contribution in [2.45, 2.75) is 63.8 Å². The lowest BCUT2D eigenvalue weighted by atomic mass is 9.94. The van der Waals surface area contributed by atoms with Crippen molar-refractivity contribution in [3.05, 3.63) is 16.5 Å². The molecule has 0 aliphatic heterocycles. The Bertz CT molecular complexity index is 439. The van der Waals surface area contributed by atoms with Gasteiger partial charge in [-0.2, -0.15) is 0 Å². The van der Waals surface area contributed by atoms with Crippen LogP contribution in [0.5, 0.6) is 0 Å². The summed E-state index contributed by atoms with van der Waals surface area (Å²) in [6.07, 6.45) is 9.26. The van der Waals surface area contributed by atoms with E-state index in [1.807, 2.05) is 0 Å². The van der Waals surface area contributed by atoms with Gasteiger partial charge in [0, 0.05) is 24.6 Å². The summed E-state index contributed by atoms with van der Waals surface area (Å²) in [5.41, 5.74) is 0. The third-order valence-corrected chi connectivity index (χ3v) is 4.70. The molecule has 3 rings (SSSR count). The predicted octanol–water partition coefficient (Wildman–Crippen LogP) is 4.28. The van der Waals surface area contributed by atoms with Crippen LogP contribution in [-0.4, -0.2) is 22.6 Å². The van der Waals surface area contributed by atoms with Crippen LogP contribution in [0.15, 0.2) is 10.7 Å². The van der Waals surface area contributed by atoms with Gasteiger partial charge >= 0.3 is 0 Å². The Morgan fingerprint density at radius 1 is 1.16 bits per heavy atom. The Balaban J connectivity index is 1.84. The number of hydrogen-bond acceptors (Lipinski definition) is 3. The molecule has 2 aliphatic carbocycles. The van der Waals surface area contributed by atoms with Crippen molar-refractivity contribution in [3.63, 3.8) is 0 Å². The molecule has 0 unspecified atom stereocenters. The molecule has 1 aromatic heterocycles. The van der Waals surface area contributed by atoms with Gasteiger partial charge in [0.1, 0.15) is 16.2 Å². The second-order valence-electron chi connectivity index (χ2n) is 5.76. The minimum Gasteiger partial charge on any atom is -0.354 e. The van der Waals surface area contributed by atoms with Crippen LogP contribution in [0.2, 0.25) is 0 Å². The minimum absolute atomic E-state index is 0.612. The van der Waals surface area contributed by atoms with Crippen molar-refractivity contribution in [2.24, 2.45) is 0 Å². The summed E-state index contributed by atoms with van der Waals surface area (Å²) < 4.78 is 0.939. The molecule has 19 heavy (non-hydrogen) atoms. The summed E-state index contributed by atoms with van der Waals surface area (Å²) in [7, 11) is 0. The molecule has 0 spiro atoms. The maximum absolute atomic E-state index is 4.83. The summed E-state index contributed by atoms with van der Waals surface area (Å²) >= 11 is 3.55. The molecule has 1 heterocycles. The molecule has 0 atom stereocenters. The van der Waals surface area contributed by atoms with Crippen molar-refractivity contribution in [1.82, 2.24) is 9.97 Å². The highest BCUT2D eigenvalue weighted by Gasteiger charge is 2.28. The van der Waals surface area contributed by atoms with E-state index in [1.165, 1.54) is 44.9 Å². The third kappa shape index (κ3) is 3.10. The lowest BCUT2D eigenvalue weighted by Crippen LogP contribution is -2.37. The first kappa shape index (κ1) is 13.3. The zero-order valence-corrected chi connectivity index (χ0v) is 13.2. The molecule has 3 nitrogen and oxygen atoms in total. The number of nitrogens with zero attached hydrogens (tertiary/aromatic N) is 3. The van der Waals surface area contributed by atoms with E-state index in [4.69, 9.17) is 4.98 Å². The SMILES string of the molecule is CCN(c1cc(Br)nc(C2CC2)n1)C1CCCCC1. The Kier molecular flexibility index (Phi) is 4.06. The van der Waals surface area contributed by atoms with E-state index in [2.05, 4.69) is 38.8 Å². The Labute approximate surface area is 124 Å². The first-order valence-electron chi connectivity index (χ1n) is 7.59. The molecule has 2 saturated carbocycles. The molecule has 0 saturated heterocycles. The van der Waals surface area contributed by atoms with Crippen LogP contribution >= 0.6 is 15.9 Å². The molecule has 1 aromatic rings. The van der Waals surface area contributed by atoms with Gasteiger partial charge in [0.2, 0.25) is 0 Å². The molecule has 0 aromatic carbocycles. The summed E-state index contributed by atoms with van der Waals surface area (Å²) in [5, 5.41) is 0. The van der Waals surface area contributed by atoms with Gasteiger partial charge in [-0.3, -0.25) is 0 Å². The molecule has 0 amide bonds. The zero-order valence-electron chi connectivity index (χ0n) is 11.6. The number of halogens is 1. The maximum Gasteiger partial charge on any atom is 0.135 e. The van der Waals surface area contributed by atoms with Crippen LogP contribution in [0.25, 0.3) is 0 Å². The quantitative estimate of drug-likeness (QED) is 0.774. The van der Waals surface area contributed by atoms with Crippen molar-refractivity contribution >= 4 is 21.7 Å². The first-order chi connectivity index (χ1) is 9.28. The van der Waals surface area contributed by atoms with Gasteiger partial charge in [0.15, 0.2) is 0 Å². The van der Waals surface area contributed by atoms with Crippen molar-refractivity contribution in [3.8, 4) is 0 Å². The van der Waals surface area contributed by atoms with Gasteiger partial charge in [0.05, 0.1) is 0 Å². The third-order valence-electron chi connectivity index (χ3n) is 4.29. The van der Waals surface area contributed by atoms with Crippen LogP contribution in [0.1, 0.15) is 63.6 Å². The number of aromatic nitrogens is 2. The smallest absolute Gasteiger partial charge is 0.135 e. The normalized spacial score (nSPS) is 20.5. The number of rotatable bonds is 4. The predicted molar refractivity (Wildman–Crippen MR) is 81.6 cm³/mol. The summed E-state index contributed by atoms with van der Waals surface area (Å²) in [4.78, 5) is 11.8. The van der Waals surface area contributed by atoms with Crippen LogP contribution in [0.3, 0.4) is 0 Å². The van der Waals surface area contributed by atoms with E-state index < -0.39 is 0 Å². The first-order valence-corrected chi connectivity index (χ1v) is 8.38. The second kappa shape index (κ2) is 5.78. The molecule has 0 N–H and O–H groups in total. The van der Waals surface area contributed by atoms with Gasteiger partial charge < -0.3 is 4.90 Å². The topological polar surface area (TPSA) is 29.0 Å². The van der Waals surface area contributed by atoms with Gasteiger partial charge in [-0.25, -0.2) is 9.97 Å². The van der Waals surface area contributed by atoms with Crippen molar-refractivity contribution in [1.29, 1.82) is 0 Å². The van der Waals surface area contributed by atoms with E-state index in [0.29, 0.717) is 12.0 Å². The van der Waals surface area contributed by atoms with E-state index in [-0.39, 0.29) is 0 Å². The Morgan fingerprint density at radius 3 is 2.53 bits per heavy atom. The molecule has 104 valence electrons. The summed E-state index contributed by atoms with van der Waals surface area (Å²) in [5.74, 6) is 2.78. The van der Waals surface area contributed by atoms with Crippen molar-refractivity contribution in [2.75, 3.05) is 11.4 Å². The summed E-state index contributed by atoms with van der Waals surface area (Å²) in [6.45, 7) is 3.28. The molecule has 0 bridgehead atoms. The Morgan fingerprint density at radius 2 is 1.89 bits per heavy atom. The van der Waals surface area contributed by atoms with E-state index in [9.17, 15) is 0 Å². The Hall–Kier alpha value is -0.640. The summed E-state index contributed by atoms with van der Waals surface area (Å²) in [6, 6.07) is 2.76. The van der Waals surface area contributed by atoms with Gasteiger partial charge in [0.25, 0.3) is 0 Å². The van der Waals surface area contributed by atoms with E-state index in [0.717, 1.165) is 22.8 Å². The van der Waals surface area contributed by atoms with Gasteiger partial charge in [-0.1, -0.05) is 19.3 Å².